The molecule has 0 unspecified atom stereocenters. The number of carbonyl (C=O) groups is 1. The molecule has 0 aromatic rings. The highest BCUT2D eigenvalue weighted by Crippen LogP contribution is 2.13. The predicted molar refractivity (Wildman–Crippen MR) is 47.7 cm³/mol. The lowest BCUT2D eigenvalue weighted by Gasteiger charge is -2.24. The van der Waals surface area contributed by atoms with Crippen molar-refractivity contribution in [1.29, 1.82) is 0 Å². The summed E-state index contributed by atoms with van der Waals surface area (Å²) in [5.41, 5.74) is -0.689. The van der Waals surface area contributed by atoms with E-state index >= 15 is 0 Å². The van der Waals surface area contributed by atoms with E-state index in [-0.39, 0.29) is 0 Å². The number of carbonyl (C=O) groups excluding carboxylic acids is 1. The fraction of sp³-hybridized carbons (Fsp3) is 0.667. The highest BCUT2D eigenvalue weighted by molar-refractivity contribution is 5.88. The number of alkyl halides is 2. The van der Waals surface area contributed by atoms with Gasteiger partial charge < -0.3 is 5.32 Å². The summed E-state index contributed by atoms with van der Waals surface area (Å²) >= 11 is 0. The molecule has 0 saturated carbocycles. The molecule has 0 rings (SSSR count). The van der Waals surface area contributed by atoms with Crippen molar-refractivity contribution in [2.75, 3.05) is 0 Å². The van der Waals surface area contributed by atoms with Crippen LogP contribution in [0.25, 0.3) is 0 Å². The van der Waals surface area contributed by atoms with Crippen LogP contribution in [-0.2, 0) is 4.79 Å². The number of allylic oxidation sites excluding steroid dienone is 1. The second-order valence-electron chi connectivity index (χ2n) is 3.73. The van der Waals surface area contributed by atoms with E-state index in [4.69, 9.17) is 0 Å². The summed E-state index contributed by atoms with van der Waals surface area (Å²) in [4.78, 5) is 11.1. The van der Waals surface area contributed by atoms with E-state index in [1.165, 1.54) is 19.9 Å². The van der Waals surface area contributed by atoms with Crippen molar-refractivity contribution in [3.63, 3.8) is 0 Å². The Hall–Kier alpha value is -0.930. The summed E-state index contributed by atoms with van der Waals surface area (Å²) in [7, 11) is 0. The Kier molecular flexibility index (Phi) is 4.04. The van der Waals surface area contributed by atoms with Crippen LogP contribution in [0.2, 0.25) is 0 Å². The second kappa shape index (κ2) is 4.35. The molecule has 0 aromatic heterocycles. The van der Waals surface area contributed by atoms with Crippen molar-refractivity contribution >= 4 is 5.91 Å². The zero-order valence-corrected chi connectivity index (χ0v) is 8.32. The molecule has 0 fully saturated rings. The summed E-state index contributed by atoms with van der Waals surface area (Å²) in [6, 6.07) is 0. The number of amides is 1. The molecule has 0 spiro atoms. The van der Waals surface area contributed by atoms with E-state index < -0.39 is 17.9 Å². The number of hydrogen-bond donors (Lipinski definition) is 1. The Morgan fingerprint density at radius 2 is 1.85 bits per heavy atom. The van der Waals surface area contributed by atoms with Gasteiger partial charge in [-0.1, -0.05) is 5.57 Å². The minimum atomic E-state index is -2.57. The minimum absolute atomic E-state index is 0.481. The first-order valence-corrected chi connectivity index (χ1v) is 4.01. The molecule has 0 aliphatic carbocycles. The lowest BCUT2D eigenvalue weighted by Crippen LogP contribution is -2.48. The molecule has 0 aromatic carbocycles. The highest BCUT2D eigenvalue weighted by atomic mass is 19.3. The van der Waals surface area contributed by atoms with Gasteiger partial charge in [-0.05, 0) is 27.7 Å². The summed E-state index contributed by atoms with van der Waals surface area (Å²) in [5, 5.41) is 2.22. The molecule has 0 aliphatic rings. The Balaban J connectivity index is 4.29. The Labute approximate surface area is 77.0 Å². The van der Waals surface area contributed by atoms with Crippen molar-refractivity contribution < 1.29 is 13.6 Å². The van der Waals surface area contributed by atoms with Crippen molar-refractivity contribution in [3.05, 3.63) is 11.6 Å². The van der Waals surface area contributed by atoms with Gasteiger partial charge in [-0.3, -0.25) is 4.79 Å². The maximum Gasteiger partial charge on any atom is 0.260 e. The fourth-order valence-corrected chi connectivity index (χ4v) is 0.670. The summed E-state index contributed by atoms with van der Waals surface area (Å²) in [6.07, 6.45) is -1.27. The van der Waals surface area contributed by atoms with Crippen LogP contribution in [0, 0.1) is 0 Å². The molecular weight excluding hydrogens is 176 g/mol. The van der Waals surface area contributed by atoms with E-state index in [1.807, 2.05) is 0 Å². The lowest BCUT2D eigenvalue weighted by atomic mass is 10.1. The summed E-state index contributed by atoms with van der Waals surface area (Å²) in [6.45, 7) is 6.03. The molecule has 0 saturated heterocycles. The quantitative estimate of drug-likeness (QED) is 0.680. The molecule has 1 amide bonds. The van der Waals surface area contributed by atoms with Crippen LogP contribution in [0.4, 0.5) is 8.78 Å². The topological polar surface area (TPSA) is 29.1 Å². The van der Waals surface area contributed by atoms with E-state index in [2.05, 4.69) is 5.32 Å². The monoisotopic (exact) mass is 191 g/mol. The second-order valence-corrected chi connectivity index (χ2v) is 3.73. The normalized spacial score (nSPS) is 11.3. The third-order valence-electron chi connectivity index (χ3n) is 1.41. The van der Waals surface area contributed by atoms with Crippen LogP contribution < -0.4 is 5.32 Å². The molecule has 76 valence electrons. The van der Waals surface area contributed by atoms with Gasteiger partial charge in [0.25, 0.3) is 6.43 Å². The zero-order valence-electron chi connectivity index (χ0n) is 8.32. The molecule has 0 aliphatic heterocycles. The Morgan fingerprint density at radius 1 is 1.38 bits per heavy atom. The SMILES string of the molecule is CC(C)=CC(=O)NC(C)(C)C(F)F. The Morgan fingerprint density at radius 3 is 2.15 bits per heavy atom. The fourth-order valence-electron chi connectivity index (χ4n) is 0.670. The maximum atomic E-state index is 12.3. The van der Waals surface area contributed by atoms with Gasteiger partial charge in [-0.25, -0.2) is 8.78 Å². The van der Waals surface area contributed by atoms with Gasteiger partial charge in [0.2, 0.25) is 5.91 Å². The van der Waals surface area contributed by atoms with Gasteiger partial charge in [-0.2, -0.15) is 0 Å². The Bertz CT molecular complexity index is 218. The standard InChI is InChI=1S/C9H15F2NO/c1-6(2)5-7(13)12-9(3,4)8(10)11/h5,8H,1-4H3,(H,12,13). The first-order valence-electron chi connectivity index (χ1n) is 4.01. The lowest BCUT2D eigenvalue weighted by molar-refractivity contribution is -0.120. The van der Waals surface area contributed by atoms with Crippen LogP contribution >= 0.6 is 0 Å². The number of nitrogens with one attached hydrogen (secondary N) is 1. The van der Waals surface area contributed by atoms with Gasteiger partial charge in [0.05, 0.1) is 5.54 Å². The number of rotatable bonds is 3. The third kappa shape index (κ3) is 4.60. The molecular formula is C9H15F2NO. The van der Waals surface area contributed by atoms with Gasteiger partial charge in [0.15, 0.2) is 0 Å². The van der Waals surface area contributed by atoms with Gasteiger partial charge in [0.1, 0.15) is 0 Å². The van der Waals surface area contributed by atoms with Crippen LogP contribution in [0.5, 0.6) is 0 Å². The number of hydrogen-bond acceptors (Lipinski definition) is 1. The summed E-state index contributed by atoms with van der Waals surface area (Å²) in [5.74, 6) is -0.481. The molecule has 0 atom stereocenters. The molecule has 0 heterocycles. The average molecular weight is 191 g/mol. The first-order chi connectivity index (χ1) is 5.75. The van der Waals surface area contributed by atoms with Crippen LogP contribution in [-0.4, -0.2) is 17.9 Å². The zero-order chi connectivity index (χ0) is 10.6. The molecule has 4 heteroatoms. The molecule has 0 bridgehead atoms. The predicted octanol–water partition coefficient (Wildman–Crippen LogP) is 2.11. The third-order valence-corrected chi connectivity index (χ3v) is 1.41. The van der Waals surface area contributed by atoms with E-state index in [0.29, 0.717) is 0 Å². The van der Waals surface area contributed by atoms with Crippen molar-refractivity contribution in [3.8, 4) is 0 Å². The van der Waals surface area contributed by atoms with Crippen molar-refractivity contribution in [2.45, 2.75) is 39.7 Å². The van der Waals surface area contributed by atoms with Crippen molar-refractivity contribution in [1.82, 2.24) is 5.32 Å². The first kappa shape index (κ1) is 12.1. The smallest absolute Gasteiger partial charge is 0.260 e. The van der Waals surface area contributed by atoms with Crippen LogP contribution in [0.1, 0.15) is 27.7 Å². The highest BCUT2D eigenvalue weighted by Gasteiger charge is 2.30. The minimum Gasteiger partial charge on any atom is -0.342 e. The van der Waals surface area contributed by atoms with E-state index in [1.54, 1.807) is 13.8 Å². The summed E-state index contributed by atoms with van der Waals surface area (Å²) < 4.78 is 24.5. The molecule has 13 heavy (non-hydrogen) atoms. The van der Waals surface area contributed by atoms with Gasteiger partial charge in [0, 0.05) is 6.08 Å². The van der Waals surface area contributed by atoms with Crippen LogP contribution in [0.15, 0.2) is 11.6 Å². The average Bonchev–Trinajstić information content (AvgIpc) is 1.82. The molecule has 2 nitrogen and oxygen atoms in total. The van der Waals surface area contributed by atoms with Crippen LogP contribution in [0.3, 0.4) is 0 Å². The van der Waals surface area contributed by atoms with Crippen molar-refractivity contribution in [2.24, 2.45) is 0 Å². The maximum absolute atomic E-state index is 12.3. The molecule has 1 N–H and O–H groups in total. The number of halogens is 2. The van der Waals surface area contributed by atoms with E-state index in [9.17, 15) is 13.6 Å². The van der Waals surface area contributed by atoms with Gasteiger partial charge in [-0.15, -0.1) is 0 Å². The largest absolute Gasteiger partial charge is 0.342 e. The van der Waals surface area contributed by atoms with E-state index in [0.717, 1.165) is 5.57 Å². The van der Waals surface area contributed by atoms with Gasteiger partial charge >= 0.3 is 0 Å². The molecule has 0 radical (unpaired) electrons.